The highest BCUT2D eigenvalue weighted by molar-refractivity contribution is 9.11. The van der Waals surface area contributed by atoms with E-state index >= 15 is 0 Å². The molecule has 0 fully saturated rings. The Morgan fingerprint density at radius 2 is 2.00 bits per heavy atom. The van der Waals surface area contributed by atoms with E-state index < -0.39 is 11.9 Å². The first-order valence-electron chi connectivity index (χ1n) is 5.97. The van der Waals surface area contributed by atoms with E-state index in [9.17, 15) is 9.50 Å². The van der Waals surface area contributed by atoms with Gasteiger partial charge in [-0.15, -0.1) is 0 Å². The Hall–Kier alpha value is -0.910. The molecule has 106 valence electrons. The van der Waals surface area contributed by atoms with E-state index in [0.717, 1.165) is 14.5 Å². The van der Waals surface area contributed by atoms with Crippen LogP contribution in [0.25, 0.3) is 0 Å². The van der Waals surface area contributed by atoms with E-state index in [0.29, 0.717) is 5.56 Å². The van der Waals surface area contributed by atoms with Crippen molar-refractivity contribution in [3.63, 3.8) is 0 Å². The quantitative estimate of drug-likeness (QED) is 0.805. The predicted molar refractivity (Wildman–Crippen MR) is 83.5 cm³/mol. The van der Waals surface area contributed by atoms with Gasteiger partial charge in [-0.25, -0.2) is 4.39 Å². The Morgan fingerprint density at radius 3 is 2.65 bits per heavy atom. The van der Waals surface area contributed by atoms with Gasteiger partial charge < -0.3 is 9.84 Å². The third kappa shape index (κ3) is 3.40. The average molecular weight is 404 g/mol. The van der Waals surface area contributed by atoms with Crippen molar-refractivity contribution in [2.24, 2.45) is 0 Å². The van der Waals surface area contributed by atoms with E-state index in [-0.39, 0.29) is 12.2 Å². The van der Waals surface area contributed by atoms with E-state index in [2.05, 4.69) is 31.9 Å². The van der Waals surface area contributed by atoms with Gasteiger partial charge in [0.25, 0.3) is 0 Å². The maximum Gasteiger partial charge on any atom is 0.168 e. The van der Waals surface area contributed by atoms with Crippen LogP contribution in [0.1, 0.15) is 17.2 Å². The van der Waals surface area contributed by atoms with Crippen molar-refractivity contribution in [3.8, 4) is 5.75 Å². The van der Waals surface area contributed by atoms with E-state index in [4.69, 9.17) is 4.74 Å². The molecule has 0 aromatic heterocycles. The van der Waals surface area contributed by atoms with E-state index in [1.165, 1.54) is 7.11 Å². The number of aliphatic hydroxyl groups is 1. The molecule has 0 saturated carbocycles. The van der Waals surface area contributed by atoms with Gasteiger partial charge in [-0.2, -0.15) is 0 Å². The summed E-state index contributed by atoms with van der Waals surface area (Å²) >= 11 is 6.75. The van der Waals surface area contributed by atoms with Crippen molar-refractivity contribution < 1.29 is 14.2 Å². The number of halogens is 3. The Balaban J connectivity index is 2.25. The molecule has 0 aliphatic carbocycles. The lowest BCUT2D eigenvalue weighted by atomic mass is 10.0. The second-order valence-electron chi connectivity index (χ2n) is 4.32. The molecule has 2 aromatic carbocycles. The molecule has 0 aliphatic heterocycles. The summed E-state index contributed by atoms with van der Waals surface area (Å²) in [6.07, 6.45) is -0.609. The van der Waals surface area contributed by atoms with Gasteiger partial charge in [0.1, 0.15) is 0 Å². The Kier molecular flexibility index (Phi) is 5.18. The summed E-state index contributed by atoms with van der Waals surface area (Å²) in [4.78, 5) is 0. The van der Waals surface area contributed by atoms with Crippen molar-refractivity contribution in [1.29, 1.82) is 0 Å². The monoisotopic (exact) mass is 402 g/mol. The molecule has 0 amide bonds. The van der Waals surface area contributed by atoms with Crippen LogP contribution in [0, 0.1) is 5.82 Å². The number of hydrogen-bond acceptors (Lipinski definition) is 2. The fourth-order valence-corrected chi connectivity index (χ4v) is 3.27. The third-order valence-electron chi connectivity index (χ3n) is 3.00. The van der Waals surface area contributed by atoms with Crippen molar-refractivity contribution in [1.82, 2.24) is 0 Å². The van der Waals surface area contributed by atoms with Crippen LogP contribution in [0.4, 0.5) is 4.39 Å². The standard InChI is InChI=1S/C15H13Br2FO2/c1-20-14-4-2-3-9(15(14)18)7-13(19)11-6-5-10(16)8-12(11)17/h2-6,8,13,19H,7H2,1H3. The van der Waals surface area contributed by atoms with Crippen LogP contribution in [-0.2, 0) is 6.42 Å². The molecule has 1 unspecified atom stereocenters. The summed E-state index contributed by atoms with van der Waals surface area (Å²) in [5, 5.41) is 10.3. The van der Waals surface area contributed by atoms with Crippen LogP contribution in [0.5, 0.6) is 5.75 Å². The van der Waals surface area contributed by atoms with Crippen LogP contribution in [0.15, 0.2) is 45.3 Å². The van der Waals surface area contributed by atoms with Gasteiger partial charge >= 0.3 is 0 Å². The number of ether oxygens (including phenoxy) is 1. The summed E-state index contributed by atoms with van der Waals surface area (Å²) in [5.41, 5.74) is 1.14. The number of hydrogen-bond donors (Lipinski definition) is 1. The summed E-state index contributed by atoms with van der Waals surface area (Å²) in [6.45, 7) is 0. The molecule has 2 nitrogen and oxygen atoms in total. The smallest absolute Gasteiger partial charge is 0.168 e. The maximum absolute atomic E-state index is 14.1. The fourth-order valence-electron chi connectivity index (χ4n) is 1.96. The predicted octanol–water partition coefficient (Wildman–Crippen LogP) is 4.64. The number of rotatable bonds is 4. The fraction of sp³-hybridized carbons (Fsp3) is 0.200. The van der Waals surface area contributed by atoms with Gasteiger partial charge in [-0.05, 0) is 29.3 Å². The molecular formula is C15H13Br2FO2. The number of aliphatic hydroxyl groups excluding tert-OH is 1. The molecule has 20 heavy (non-hydrogen) atoms. The van der Waals surface area contributed by atoms with Crippen LogP contribution < -0.4 is 4.74 Å². The molecule has 0 radical (unpaired) electrons. The highest BCUT2D eigenvalue weighted by atomic mass is 79.9. The molecule has 0 aliphatic rings. The second kappa shape index (κ2) is 6.70. The minimum Gasteiger partial charge on any atom is -0.494 e. The molecule has 1 N–H and O–H groups in total. The molecule has 0 heterocycles. The largest absolute Gasteiger partial charge is 0.494 e. The van der Waals surface area contributed by atoms with Crippen LogP contribution in [-0.4, -0.2) is 12.2 Å². The maximum atomic E-state index is 14.1. The Labute approximate surface area is 133 Å². The topological polar surface area (TPSA) is 29.5 Å². The molecule has 5 heteroatoms. The minimum absolute atomic E-state index is 0.184. The first-order chi connectivity index (χ1) is 9.52. The van der Waals surface area contributed by atoms with Crippen molar-refractivity contribution in [2.75, 3.05) is 7.11 Å². The molecule has 0 saturated heterocycles. The normalized spacial score (nSPS) is 12.2. The zero-order valence-electron chi connectivity index (χ0n) is 10.7. The zero-order valence-corrected chi connectivity index (χ0v) is 13.9. The highest BCUT2D eigenvalue weighted by Gasteiger charge is 2.16. The van der Waals surface area contributed by atoms with Gasteiger partial charge in [0.05, 0.1) is 13.2 Å². The van der Waals surface area contributed by atoms with Crippen molar-refractivity contribution in [3.05, 3.63) is 62.3 Å². The van der Waals surface area contributed by atoms with Crippen LogP contribution in [0.2, 0.25) is 0 Å². The highest BCUT2D eigenvalue weighted by Crippen LogP contribution is 2.30. The molecule has 1 atom stereocenters. The van der Waals surface area contributed by atoms with Crippen LogP contribution >= 0.6 is 31.9 Å². The SMILES string of the molecule is COc1cccc(CC(O)c2ccc(Br)cc2Br)c1F. The Morgan fingerprint density at radius 1 is 1.25 bits per heavy atom. The minimum atomic E-state index is -0.793. The van der Waals surface area contributed by atoms with Gasteiger partial charge in [-0.1, -0.05) is 50.1 Å². The van der Waals surface area contributed by atoms with Gasteiger partial charge in [-0.3, -0.25) is 0 Å². The first kappa shape index (κ1) is 15.5. The van der Waals surface area contributed by atoms with E-state index in [1.54, 1.807) is 24.3 Å². The van der Waals surface area contributed by atoms with Gasteiger partial charge in [0, 0.05) is 15.4 Å². The zero-order chi connectivity index (χ0) is 14.7. The average Bonchev–Trinajstić information content (AvgIpc) is 2.41. The summed E-state index contributed by atoms with van der Waals surface area (Å²) in [6, 6.07) is 10.4. The number of methoxy groups -OCH3 is 1. The second-order valence-corrected chi connectivity index (χ2v) is 6.09. The van der Waals surface area contributed by atoms with Crippen LogP contribution in [0.3, 0.4) is 0 Å². The lowest BCUT2D eigenvalue weighted by Gasteiger charge is -2.14. The summed E-state index contributed by atoms with van der Waals surface area (Å²) in [7, 11) is 1.42. The number of benzene rings is 2. The molecule has 0 bridgehead atoms. The first-order valence-corrected chi connectivity index (χ1v) is 7.56. The summed E-state index contributed by atoms with van der Waals surface area (Å²) in [5.74, 6) is -0.244. The summed E-state index contributed by atoms with van der Waals surface area (Å²) < 4.78 is 20.7. The Bertz CT molecular complexity index is 617. The van der Waals surface area contributed by atoms with Gasteiger partial charge in [0.2, 0.25) is 0 Å². The lowest BCUT2D eigenvalue weighted by molar-refractivity contribution is 0.176. The molecule has 0 spiro atoms. The van der Waals surface area contributed by atoms with Crippen molar-refractivity contribution in [2.45, 2.75) is 12.5 Å². The van der Waals surface area contributed by atoms with E-state index in [1.807, 2.05) is 12.1 Å². The van der Waals surface area contributed by atoms with Crippen molar-refractivity contribution >= 4 is 31.9 Å². The molecule has 2 rings (SSSR count). The molecular weight excluding hydrogens is 391 g/mol. The third-order valence-corrected chi connectivity index (χ3v) is 4.18. The van der Waals surface area contributed by atoms with Gasteiger partial charge in [0.15, 0.2) is 11.6 Å². The lowest BCUT2D eigenvalue weighted by Crippen LogP contribution is -2.05. The molecule has 2 aromatic rings.